The van der Waals surface area contributed by atoms with Gasteiger partial charge in [0, 0.05) is 45.2 Å². The Morgan fingerprint density at radius 1 is 0.500 bits per heavy atom. The second kappa shape index (κ2) is 9.07. The lowest BCUT2D eigenvalue weighted by atomic mass is 10.1. The molecule has 5 aromatic carbocycles. The standard InChI is InChI=1S/C36H23N3O/c1-3-11-24(12-4-1)30-22-35(38-36(37-30)26-14-5-2-6-15-26)39-31-17-9-8-16-28(31)29-21-27-20-19-25-13-7-10-18-33(25)40-34(27)23-32(29)39/h1-23H. The lowest BCUT2D eigenvalue weighted by Crippen LogP contribution is -2.02. The molecule has 0 spiro atoms. The van der Waals surface area contributed by atoms with Crippen molar-refractivity contribution in [1.29, 1.82) is 0 Å². The van der Waals surface area contributed by atoms with E-state index in [2.05, 4.69) is 89.5 Å². The third-order valence-corrected chi connectivity index (χ3v) is 7.43. The van der Waals surface area contributed by atoms with E-state index in [-0.39, 0.29) is 0 Å². The second-order valence-electron chi connectivity index (χ2n) is 9.90. The van der Waals surface area contributed by atoms with Crippen LogP contribution in [0.15, 0.2) is 127 Å². The summed E-state index contributed by atoms with van der Waals surface area (Å²) in [5.74, 6) is 3.16. The molecular weight excluding hydrogens is 490 g/mol. The number of nitrogens with zero attached hydrogens (tertiary/aromatic N) is 3. The van der Waals surface area contributed by atoms with Crippen molar-refractivity contribution >= 4 is 34.0 Å². The molecule has 0 saturated carbocycles. The van der Waals surface area contributed by atoms with Gasteiger partial charge in [-0.3, -0.25) is 4.57 Å². The van der Waals surface area contributed by atoms with Gasteiger partial charge in [-0.25, -0.2) is 9.97 Å². The summed E-state index contributed by atoms with van der Waals surface area (Å²) >= 11 is 0. The minimum atomic E-state index is 0.686. The van der Waals surface area contributed by atoms with Crippen molar-refractivity contribution in [1.82, 2.24) is 14.5 Å². The summed E-state index contributed by atoms with van der Waals surface area (Å²) in [6.07, 6.45) is 4.26. The van der Waals surface area contributed by atoms with Crippen LogP contribution in [-0.4, -0.2) is 14.5 Å². The van der Waals surface area contributed by atoms with E-state index in [1.807, 2.05) is 54.6 Å². The highest BCUT2D eigenvalue weighted by Crippen LogP contribution is 2.40. The molecule has 0 fully saturated rings. The fourth-order valence-corrected chi connectivity index (χ4v) is 5.51. The van der Waals surface area contributed by atoms with Gasteiger partial charge in [-0.05, 0) is 18.2 Å². The van der Waals surface area contributed by atoms with Gasteiger partial charge in [0.1, 0.15) is 17.3 Å². The largest absolute Gasteiger partial charge is 0.456 e. The van der Waals surface area contributed by atoms with Crippen molar-refractivity contribution in [3.63, 3.8) is 0 Å². The van der Waals surface area contributed by atoms with Crippen LogP contribution in [0.1, 0.15) is 11.1 Å². The normalized spacial score (nSPS) is 12.1. The van der Waals surface area contributed by atoms with Gasteiger partial charge in [0.15, 0.2) is 5.82 Å². The molecule has 0 amide bonds. The van der Waals surface area contributed by atoms with Crippen LogP contribution in [0.5, 0.6) is 11.5 Å². The number of para-hydroxylation sites is 2. The van der Waals surface area contributed by atoms with Crippen molar-refractivity contribution in [3.05, 3.63) is 139 Å². The van der Waals surface area contributed by atoms with E-state index in [9.17, 15) is 0 Å². The molecule has 8 rings (SSSR count). The van der Waals surface area contributed by atoms with Crippen LogP contribution in [0.25, 0.3) is 62.4 Å². The van der Waals surface area contributed by atoms with E-state index in [0.717, 1.165) is 67.1 Å². The number of hydrogen-bond donors (Lipinski definition) is 0. The molecule has 0 radical (unpaired) electrons. The summed E-state index contributed by atoms with van der Waals surface area (Å²) in [5.41, 5.74) is 7.11. The van der Waals surface area contributed by atoms with Gasteiger partial charge < -0.3 is 4.74 Å². The molecule has 7 aromatic rings. The van der Waals surface area contributed by atoms with E-state index in [4.69, 9.17) is 14.7 Å². The van der Waals surface area contributed by atoms with Gasteiger partial charge in [-0.15, -0.1) is 0 Å². The highest BCUT2D eigenvalue weighted by Gasteiger charge is 2.19. The van der Waals surface area contributed by atoms with Crippen molar-refractivity contribution in [2.45, 2.75) is 0 Å². The molecule has 0 N–H and O–H groups in total. The summed E-state index contributed by atoms with van der Waals surface area (Å²) in [4.78, 5) is 10.1. The minimum absolute atomic E-state index is 0.686. The average Bonchev–Trinajstić information content (AvgIpc) is 3.22. The summed E-state index contributed by atoms with van der Waals surface area (Å²) in [6, 6.07) is 43.5. The first-order valence-corrected chi connectivity index (χ1v) is 13.3. The van der Waals surface area contributed by atoms with Crippen LogP contribution in [0.3, 0.4) is 0 Å². The van der Waals surface area contributed by atoms with E-state index in [1.54, 1.807) is 0 Å². The molecule has 1 aliphatic rings. The summed E-state index contributed by atoms with van der Waals surface area (Å²) < 4.78 is 8.71. The monoisotopic (exact) mass is 513 g/mol. The molecule has 4 nitrogen and oxygen atoms in total. The highest BCUT2D eigenvalue weighted by molar-refractivity contribution is 6.10. The quantitative estimate of drug-likeness (QED) is 0.236. The maximum atomic E-state index is 6.47. The average molecular weight is 514 g/mol. The van der Waals surface area contributed by atoms with Gasteiger partial charge in [0.2, 0.25) is 0 Å². The number of fused-ring (bicyclic) bond motifs is 5. The summed E-state index contributed by atoms with van der Waals surface area (Å²) in [7, 11) is 0. The first-order chi connectivity index (χ1) is 19.8. The Bertz CT molecular complexity index is 2020. The minimum Gasteiger partial charge on any atom is -0.456 e. The zero-order valence-electron chi connectivity index (χ0n) is 21.5. The Labute approximate surface area is 231 Å². The van der Waals surface area contributed by atoms with Crippen molar-refractivity contribution in [2.24, 2.45) is 0 Å². The van der Waals surface area contributed by atoms with E-state index < -0.39 is 0 Å². The molecule has 1 aliphatic heterocycles. The fraction of sp³-hybridized carbons (Fsp3) is 0. The van der Waals surface area contributed by atoms with Crippen LogP contribution in [0, 0.1) is 0 Å². The summed E-state index contributed by atoms with van der Waals surface area (Å²) in [5, 5.41) is 2.31. The van der Waals surface area contributed by atoms with Crippen molar-refractivity contribution in [2.75, 3.05) is 0 Å². The van der Waals surface area contributed by atoms with Crippen LogP contribution in [-0.2, 0) is 0 Å². The SMILES string of the molecule is C1=Cc2cc3c4ccccc4n(-c4cc(-c5ccccc5)nc(-c5ccccc5)n4)c3cc2Oc2ccccc21. The van der Waals surface area contributed by atoms with Crippen molar-refractivity contribution in [3.8, 4) is 40.0 Å². The molecule has 40 heavy (non-hydrogen) atoms. The Morgan fingerprint density at radius 3 is 2.05 bits per heavy atom. The molecule has 0 saturated heterocycles. The second-order valence-corrected chi connectivity index (χ2v) is 9.90. The summed E-state index contributed by atoms with van der Waals surface area (Å²) in [6.45, 7) is 0. The zero-order chi connectivity index (χ0) is 26.5. The Balaban J connectivity index is 1.42. The first-order valence-electron chi connectivity index (χ1n) is 13.3. The number of aromatic nitrogens is 3. The molecule has 0 unspecified atom stereocenters. The molecule has 3 heterocycles. The first kappa shape index (κ1) is 22.5. The number of hydrogen-bond acceptors (Lipinski definition) is 3. The van der Waals surface area contributed by atoms with Crippen LogP contribution >= 0.6 is 0 Å². The lowest BCUT2D eigenvalue weighted by molar-refractivity contribution is 0.482. The van der Waals surface area contributed by atoms with Gasteiger partial charge in [0.25, 0.3) is 0 Å². The topological polar surface area (TPSA) is 39.9 Å². The molecule has 0 aliphatic carbocycles. The maximum Gasteiger partial charge on any atom is 0.162 e. The highest BCUT2D eigenvalue weighted by atomic mass is 16.5. The van der Waals surface area contributed by atoms with E-state index >= 15 is 0 Å². The number of rotatable bonds is 3. The molecule has 188 valence electrons. The lowest BCUT2D eigenvalue weighted by Gasteiger charge is -2.13. The van der Waals surface area contributed by atoms with E-state index in [0.29, 0.717) is 5.82 Å². The van der Waals surface area contributed by atoms with Crippen LogP contribution in [0.4, 0.5) is 0 Å². The van der Waals surface area contributed by atoms with Crippen molar-refractivity contribution < 1.29 is 4.74 Å². The number of benzene rings is 5. The smallest absolute Gasteiger partial charge is 0.162 e. The fourth-order valence-electron chi connectivity index (χ4n) is 5.51. The third-order valence-electron chi connectivity index (χ3n) is 7.43. The Kier molecular flexibility index (Phi) is 5.10. The number of ether oxygens (including phenoxy) is 1. The van der Waals surface area contributed by atoms with Gasteiger partial charge >= 0.3 is 0 Å². The van der Waals surface area contributed by atoms with E-state index in [1.165, 1.54) is 0 Å². The maximum absolute atomic E-state index is 6.47. The molecule has 4 heteroatoms. The molecule has 2 aromatic heterocycles. The molecule has 0 bridgehead atoms. The van der Waals surface area contributed by atoms with Gasteiger partial charge in [-0.1, -0.05) is 109 Å². The third kappa shape index (κ3) is 3.69. The molecular formula is C36H23N3O. The van der Waals surface area contributed by atoms with Crippen LogP contribution < -0.4 is 4.74 Å². The Hall–Kier alpha value is -5.48. The van der Waals surface area contributed by atoms with Gasteiger partial charge in [-0.2, -0.15) is 0 Å². The predicted octanol–water partition coefficient (Wildman–Crippen LogP) is 9.18. The van der Waals surface area contributed by atoms with Crippen LogP contribution in [0.2, 0.25) is 0 Å². The molecule has 0 atom stereocenters. The Morgan fingerprint density at radius 2 is 1.20 bits per heavy atom. The van der Waals surface area contributed by atoms with Gasteiger partial charge in [0.05, 0.1) is 16.7 Å². The zero-order valence-corrected chi connectivity index (χ0v) is 21.5. The predicted molar refractivity (Wildman–Crippen MR) is 163 cm³/mol.